The average molecular weight is 339 g/mol. The van der Waals surface area contributed by atoms with Crippen molar-refractivity contribution in [3.63, 3.8) is 0 Å². The lowest BCUT2D eigenvalue weighted by Crippen LogP contribution is -2.22. The van der Waals surface area contributed by atoms with Crippen LogP contribution in [0.4, 0.5) is 5.69 Å². The molecule has 102 valence electrons. The van der Waals surface area contributed by atoms with Crippen molar-refractivity contribution in [2.24, 2.45) is 0 Å². The fourth-order valence-electron chi connectivity index (χ4n) is 2.07. The van der Waals surface area contributed by atoms with E-state index in [1.54, 1.807) is 11.3 Å². The van der Waals surface area contributed by atoms with Gasteiger partial charge in [0, 0.05) is 29.6 Å². The van der Waals surface area contributed by atoms with E-state index in [9.17, 15) is 0 Å². The lowest BCUT2D eigenvalue weighted by atomic mass is 10.0. The minimum atomic E-state index is 0.252. The van der Waals surface area contributed by atoms with Gasteiger partial charge in [0.05, 0.1) is 6.04 Å². The monoisotopic (exact) mass is 338 g/mol. The van der Waals surface area contributed by atoms with Gasteiger partial charge in [-0.2, -0.15) is 11.3 Å². The molecule has 0 aliphatic carbocycles. The van der Waals surface area contributed by atoms with E-state index in [1.165, 1.54) is 21.3 Å². The zero-order valence-corrected chi connectivity index (χ0v) is 13.9. The zero-order valence-electron chi connectivity index (χ0n) is 11.5. The second-order valence-electron chi connectivity index (χ2n) is 4.65. The standard InChI is InChI=1S/C15H19BrN2S/c1-4-17-15(13-9-19-10-14(13)16)11-5-7-12(8-6-11)18(2)3/h5-10,15,17H,4H2,1-3H3. The molecule has 19 heavy (non-hydrogen) atoms. The number of hydrogen-bond donors (Lipinski definition) is 1. The highest BCUT2D eigenvalue weighted by Crippen LogP contribution is 2.32. The van der Waals surface area contributed by atoms with Gasteiger partial charge >= 0.3 is 0 Å². The summed E-state index contributed by atoms with van der Waals surface area (Å²) in [6.07, 6.45) is 0. The SMILES string of the molecule is CCNC(c1ccc(N(C)C)cc1)c1cscc1Br. The molecule has 1 aromatic carbocycles. The van der Waals surface area contributed by atoms with Crippen molar-refractivity contribution in [2.45, 2.75) is 13.0 Å². The Balaban J connectivity index is 2.31. The third kappa shape index (κ3) is 3.38. The highest BCUT2D eigenvalue weighted by Gasteiger charge is 2.16. The maximum atomic E-state index is 3.63. The highest BCUT2D eigenvalue weighted by molar-refractivity contribution is 9.10. The van der Waals surface area contributed by atoms with Crippen molar-refractivity contribution in [2.75, 3.05) is 25.5 Å². The van der Waals surface area contributed by atoms with Crippen LogP contribution >= 0.6 is 27.3 Å². The van der Waals surface area contributed by atoms with E-state index in [4.69, 9.17) is 0 Å². The van der Waals surface area contributed by atoms with E-state index in [0.29, 0.717) is 0 Å². The van der Waals surface area contributed by atoms with Crippen LogP contribution in [0.3, 0.4) is 0 Å². The fourth-order valence-corrected chi connectivity index (χ4v) is 3.63. The number of benzene rings is 1. The predicted octanol–water partition coefficient (Wildman–Crippen LogP) is 4.28. The van der Waals surface area contributed by atoms with Gasteiger partial charge in [-0.3, -0.25) is 0 Å². The Morgan fingerprint density at radius 1 is 1.21 bits per heavy atom. The third-order valence-corrected chi connectivity index (χ3v) is 4.86. The summed E-state index contributed by atoms with van der Waals surface area (Å²) in [6, 6.07) is 8.99. The molecule has 0 radical (unpaired) electrons. The minimum Gasteiger partial charge on any atom is -0.378 e. The molecule has 0 spiro atoms. The molecule has 2 nitrogen and oxygen atoms in total. The molecule has 0 amide bonds. The molecule has 0 fully saturated rings. The fraction of sp³-hybridized carbons (Fsp3) is 0.333. The second kappa shape index (κ2) is 6.55. The Hall–Kier alpha value is -0.840. The molecule has 0 saturated carbocycles. The van der Waals surface area contributed by atoms with E-state index in [1.807, 2.05) is 0 Å². The summed E-state index contributed by atoms with van der Waals surface area (Å²) >= 11 is 5.36. The number of anilines is 1. The van der Waals surface area contributed by atoms with Crippen LogP contribution < -0.4 is 10.2 Å². The van der Waals surface area contributed by atoms with E-state index < -0.39 is 0 Å². The quantitative estimate of drug-likeness (QED) is 0.875. The van der Waals surface area contributed by atoms with Gasteiger partial charge in [0.1, 0.15) is 0 Å². The Morgan fingerprint density at radius 2 is 1.89 bits per heavy atom. The number of nitrogens with zero attached hydrogens (tertiary/aromatic N) is 1. The first-order valence-electron chi connectivity index (χ1n) is 6.35. The molecule has 1 heterocycles. The molecule has 0 bridgehead atoms. The molecular formula is C15H19BrN2S. The summed E-state index contributed by atoms with van der Waals surface area (Å²) in [5, 5.41) is 7.89. The summed E-state index contributed by atoms with van der Waals surface area (Å²) in [6.45, 7) is 3.09. The molecule has 0 aliphatic rings. The van der Waals surface area contributed by atoms with Crippen molar-refractivity contribution < 1.29 is 0 Å². The van der Waals surface area contributed by atoms with E-state index in [-0.39, 0.29) is 6.04 Å². The second-order valence-corrected chi connectivity index (χ2v) is 6.25. The van der Waals surface area contributed by atoms with Crippen LogP contribution in [0.5, 0.6) is 0 Å². The Bertz CT molecular complexity index is 519. The average Bonchev–Trinajstić information content (AvgIpc) is 2.82. The molecule has 1 atom stereocenters. The predicted molar refractivity (Wildman–Crippen MR) is 88.3 cm³/mol. The topological polar surface area (TPSA) is 15.3 Å². The van der Waals surface area contributed by atoms with E-state index in [2.05, 4.69) is 82.2 Å². The van der Waals surface area contributed by atoms with E-state index >= 15 is 0 Å². The minimum absolute atomic E-state index is 0.252. The molecule has 2 rings (SSSR count). The van der Waals surface area contributed by atoms with Gasteiger partial charge in [0.25, 0.3) is 0 Å². The van der Waals surface area contributed by atoms with E-state index in [0.717, 1.165) is 6.54 Å². The van der Waals surface area contributed by atoms with Crippen LogP contribution in [0.25, 0.3) is 0 Å². The molecule has 2 aromatic rings. The van der Waals surface area contributed by atoms with Crippen LogP contribution in [0.2, 0.25) is 0 Å². The smallest absolute Gasteiger partial charge is 0.0596 e. The van der Waals surface area contributed by atoms with Crippen LogP contribution in [0, 0.1) is 0 Å². The highest BCUT2D eigenvalue weighted by atomic mass is 79.9. The number of rotatable bonds is 5. The van der Waals surface area contributed by atoms with Crippen molar-refractivity contribution in [1.29, 1.82) is 0 Å². The molecule has 1 aromatic heterocycles. The maximum Gasteiger partial charge on any atom is 0.0596 e. The molecule has 4 heteroatoms. The summed E-state index contributed by atoms with van der Waals surface area (Å²) in [7, 11) is 4.12. The van der Waals surface area contributed by atoms with Gasteiger partial charge in [0.2, 0.25) is 0 Å². The Morgan fingerprint density at radius 3 is 2.37 bits per heavy atom. The Kier molecular flexibility index (Phi) is 5.02. The number of nitrogens with one attached hydrogen (secondary N) is 1. The first-order valence-corrected chi connectivity index (χ1v) is 8.09. The van der Waals surface area contributed by atoms with Crippen LogP contribution in [0.15, 0.2) is 39.5 Å². The van der Waals surface area contributed by atoms with Gasteiger partial charge in [-0.15, -0.1) is 0 Å². The van der Waals surface area contributed by atoms with Crippen molar-refractivity contribution in [3.05, 3.63) is 50.6 Å². The lowest BCUT2D eigenvalue weighted by molar-refractivity contribution is 0.630. The molecule has 0 aliphatic heterocycles. The van der Waals surface area contributed by atoms with Crippen molar-refractivity contribution in [3.8, 4) is 0 Å². The molecule has 0 saturated heterocycles. The molecule has 1 unspecified atom stereocenters. The van der Waals surface area contributed by atoms with Crippen molar-refractivity contribution in [1.82, 2.24) is 5.32 Å². The number of thiophene rings is 1. The van der Waals surface area contributed by atoms with Crippen LogP contribution in [0.1, 0.15) is 24.1 Å². The molecule has 1 N–H and O–H groups in total. The molecular weight excluding hydrogens is 320 g/mol. The maximum absolute atomic E-state index is 3.63. The third-order valence-electron chi connectivity index (χ3n) is 3.10. The Labute approximate surface area is 127 Å². The summed E-state index contributed by atoms with van der Waals surface area (Å²) in [5.74, 6) is 0. The van der Waals surface area contributed by atoms with Gasteiger partial charge < -0.3 is 10.2 Å². The summed E-state index contributed by atoms with van der Waals surface area (Å²) in [5.41, 5.74) is 3.83. The normalized spacial score (nSPS) is 12.4. The summed E-state index contributed by atoms with van der Waals surface area (Å²) in [4.78, 5) is 2.12. The van der Waals surface area contributed by atoms with Gasteiger partial charge in [-0.1, -0.05) is 19.1 Å². The first-order chi connectivity index (χ1) is 9.13. The lowest BCUT2D eigenvalue weighted by Gasteiger charge is -2.20. The van der Waals surface area contributed by atoms with Gasteiger partial charge in [-0.05, 0) is 51.1 Å². The number of hydrogen-bond acceptors (Lipinski definition) is 3. The van der Waals surface area contributed by atoms with Gasteiger partial charge in [-0.25, -0.2) is 0 Å². The first kappa shape index (κ1) is 14.6. The summed E-state index contributed by atoms with van der Waals surface area (Å²) < 4.78 is 1.18. The van der Waals surface area contributed by atoms with Gasteiger partial charge in [0.15, 0.2) is 0 Å². The van der Waals surface area contributed by atoms with Crippen LogP contribution in [-0.4, -0.2) is 20.6 Å². The van der Waals surface area contributed by atoms with Crippen molar-refractivity contribution >= 4 is 33.0 Å². The van der Waals surface area contributed by atoms with Crippen LogP contribution in [-0.2, 0) is 0 Å². The number of halogens is 1. The largest absolute Gasteiger partial charge is 0.378 e. The zero-order chi connectivity index (χ0) is 13.8.